The molecule has 166 valence electrons. The predicted molar refractivity (Wildman–Crippen MR) is 135 cm³/mol. The third-order valence-electron chi connectivity index (χ3n) is 5.81. The number of aryl methyl sites for hydroxylation is 1. The van der Waals surface area contributed by atoms with Crippen LogP contribution in [0.5, 0.6) is 5.75 Å². The summed E-state index contributed by atoms with van der Waals surface area (Å²) in [7, 11) is 1.65. The lowest BCUT2D eigenvalue weighted by molar-refractivity contribution is 0.414. The van der Waals surface area contributed by atoms with Crippen LogP contribution >= 0.6 is 23.8 Å². The Labute approximate surface area is 203 Å². The molecule has 4 aromatic rings. The molecule has 1 aliphatic heterocycles. The van der Waals surface area contributed by atoms with E-state index >= 15 is 0 Å². The Hall–Kier alpha value is -3.35. The van der Waals surface area contributed by atoms with E-state index in [1.165, 1.54) is 0 Å². The molecule has 2 aromatic heterocycles. The van der Waals surface area contributed by atoms with E-state index < -0.39 is 0 Å². The first-order valence-corrected chi connectivity index (χ1v) is 11.3. The molecule has 2 atom stereocenters. The number of thiocarbonyl (C=S) groups is 1. The van der Waals surface area contributed by atoms with E-state index in [0.29, 0.717) is 10.1 Å². The van der Waals surface area contributed by atoms with Gasteiger partial charge in [-0.1, -0.05) is 29.8 Å². The Morgan fingerprint density at radius 1 is 1.06 bits per heavy atom. The molecule has 1 aliphatic rings. The number of nitrogens with one attached hydrogen (secondary N) is 1. The number of pyridine rings is 1. The minimum absolute atomic E-state index is 0.190. The van der Waals surface area contributed by atoms with Crippen molar-refractivity contribution in [2.75, 3.05) is 12.0 Å². The van der Waals surface area contributed by atoms with Crippen LogP contribution < -0.4 is 15.0 Å². The third kappa shape index (κ3) is 4.08. The van der Waals surface area contributed by atoms with Crippen molar-refractivity contribution in [3.05, 3.63) is 101 Å². The van der Waals surface area contributed by atoms with Crippen LogP contribution in [0.25, 0.3) is 11.3 Å². The summed E-state index contributed by atoms with van der Waals surface area (Å²) < 4.78 is 11.9. The molecule has 0 spiro atoms. The van der Waals surface area contributed by atoms with Crippen LogP contribution in [0, 0.1) is 6.92 Å². The molecule has 1 N–H and O–H groups in total. The number of ether oxygens (including phenoxy) is 1. The van der Waals surface area contributed by atoms with Gasteiger partial charge in [0.1, 0.15) is 23.3 Å². The first-order chi connectivity index (χ1) is 16.0. The summed E-state index contributed by atoms with van der Waals surface area (Å²) in [4.78, 5) is 6.65. The van der Waals surface area contributed by atoms with Gasteiger partial charge in [-0.05, 0) is 73.2 Å². The lowest BCUT2D eigenvalue weighted by Crippen LogP contribution is -2.29. The highest BCUT2D eigenvalue weighted by Crippen LogP contribution is 2.43. The van der Waals surface area contributed by atoms with Crippen molar-refractivity contribution in [3.63, 3.8) is 0 Å². The van der Waals surface area contributed by atoms with Gasteiger partial charge in [0.25, 0.3) is 0 Å². The molecule has 3 heterocycles. The molecule has 2 aromatic carbocycles. The summed E-state index contributed by atoms with van der Waals surface area (Å²) >= 11 is 12.0. The van der Waals surface area contributed by atoms with Crippen molar-refractivity contribution in [2.24, 2.45) is 0 Å². The monoisotopic (exact) mass is 475 g/mol. The highest BCUT2D eigenvalue weighted by Gasteiger charge is 2.42. The fourth-order valence-electron chi connectivity index (χ4n) is 4.20. The second-order valence-corrected chi connectivity index (χ2v) is 8.68. The molecule has 1 fully saturated rings. The van der Waals surface area contributed by atoms with Crippen molar-refractivity contribution >= 4 is 34.6 Å². The molecule has 33 heavy (non-hydrogen) atoms. The SMILES string of the molecule is COc1cccc(N2C(=S)N[C@@H](c3ccccn3)[C@H]2c2ccc(-c3cc(Cl)ccc3C)o2)c1. The van der Waals surface area contributed by atoms with Crippen LogP contribution in [-0.4, -0.2) is 17.2 Å². The van der Waals surface area contributed by atoms with E-state index in [0.717, 1.165) is 39.8 Å². The number of hydrogen-bond acceptors (Lipinski definition) is 4. The Balaban J connectivity index is 1.62. The molecule has 0 bridgehead atoms. The minimum atomic E-state index is -0.243. The average molecular weight is 476 g/mol. The highest BCUT2D eigenvalue weighted by molar-refractivity contribution is 7.80. The van der Waals surface area contributed by atoms with Crippen molar-refractivity contribution in [1.29, 1.82) is 0 Å². The number of furan rings is 1. The normalized spacial score (nSPS) is 17.8. The zero-order valence-corrected chi connectivity index (χ0v) is 19.7. The van der Waals surface area contributed by atoms with Gasteiger partial charge in [0.05, 0.1) is 18.8 Å². The molecule has 7 heteroatoms. The van der Waals surface area contributed by atoms with E-state index in [1.807, 2.05) is 79.7 Å². The van der Waals surface area contributed by atoms with Gasteiger partial charge in [0.2, 0.25) is 0 Å². The summed E-state index contributed by atoms with van der Waals surface area (Å²) in [5.41, 5.74) is 3.84. The molecule has 0 unspecified atom stereocenters. The maximum Gasteiger partial charge on any atom is 0.174 e. The maximum absolute atomic E-state index is 6.44. The second kappa shape index (κ2) is 8.89. The zero-order chi connectivity index (χ0) is 22.9. The maximum atomic E-state index is 6.44. The van der Waals surface area contributed by atoms with Gasteiger partial charge in [0, 0.05) is 28.5 Å². The topological polar surface area (TPSA) is 50.5 Å². The summed E-state index contributed by atoms with van der Waals surface area (Å²) in [6, 6.07) is 23.0. The second-order valence-electron chi connectivity index (χ2n) is 7.86. The molecule has 5 nitrogen and oxygen atoms in total. The number of nitrogens with zero attached hydrogens (tertiary/aromatic N) is 2. The fourth-order valence-corrected chi connectivity index (χ4v) is 4.72. The van der Waals surface area contributed by atoms with Gasteiger partial charge in [-0.3, -0.25) is 4.98 Å². The summed E-state index contributed by atoms with van der Waals surface area (Å²) in [6.07, 6.45) is 1.79. The van der Waals surface area contributed by atoms with Crippen molar-refractivity contribution in [3.8, 4) is 17.1 Å². The number of benzene rings is 2. The Kier molecular flexibility index (Phi) is 5.79. The Bertz CT molecular complexity index is 1310. The number of methoxy groups -OCH3 is 1. The van der Waals surface area contributed by atoms with Gasteiger partial charge in [-0.15, -0.1) is 0 Å². The first kappa shape index (κ1) is 21.5. The molecule has 0 amide bonds. The van der Waals surface area contributed by atoms with Gasteiger partial charge in [0.15, 0.2) is 5.11 Å². The number of halogens is 1. The summed E-state index contributed by atoms with van der Waals surface area (Å²) in [5.74, 6) is 2.29. The largest absolute Gasteiger partial charge is 0.497 e. The number of aromatic nitrogens is 1. The fraction of sp³-hybridized carbons (Fsp3) is 0.154. The summed E-state index contributed by atoms with van der Waals surface area (Å²) in [6.45, 7) is 2.04. The first-order valence-electron chi connectivity index (χ1n) is 10.6. The standard InChI is InChI=1S/C26H22ClN3O2S/c1-16-9-10-17(27)14-20(16)22-11-12-23(32-22)25-24(21-8-3-4-13-28-21)29-26(33)30(25)18-6-5-7-19(15-18)31-2/h3-15,24-25H,1-2H3,(H,29,33)/t24-,25+/m0/s1. The van der Waals surface area contributed by atoms with E-state index in [4.69, 9.17) is 33.0 Å². The average Bonchev–Trinajstić information content (AvgIpc) is 3.45. The Morgan fingerprint density at radius 3 is 2.73 bits per heavy atom. The van der Waals surface area contributed by atoms with Crippen molar-refractivity contribution in [1.82, 2.24) is 10.3 Å². The molecule has 0 aliphatic carbocycles. The van der Waals surface area contributed by atoms with E-state index in [-0.39, 0.29) is 12.1 Å². The van der Waals surface area contributed by atoms with Crippen molar-refractivity contribution in [2.45, 2.75) is 19.0 Å². The number of hydrogen-bond donors (Lipinski definition) is 1. The van der Waals surface area contributed by atoms with Crippen molar-refractivity contribution < 1.29 is 9.15 Å². The molecule has 0 saturated carbocycles. The summed E-state index contributed by atoms with van der Waals surface area (Å²) in [5, 5.41) is 4.71. The van der Waals surface area contributed by atoms with Crippen LogP contribution in [0.3, 0.4) is 0 Å². The van der Waals surface area contributed by atoms with Gasteiger partial charge in [-0.2, -0.15) is 0 Å². The molecule has 0 radical (unpaired) electrons. The number of rotatable bonds is 5. The lowest BCUT2D eigenvalue weighted by atomic mass is 10.0. The van der Waals surface area contributed by atoms with Gasteiger partial charge < -0.3 is 19.4 Å². The smallest absolute Gasteiger partial charge is 0.174 e. The lowest BCUT2D eigenvalue weighted by Gasteiger charge is -2.26. The highest BCUT2D eigenvalue weighted by atomic mass is 35.5. The van der Waals surface area contributed by atoms with Crippen LogP contribution in [-0.2, 0) is 0 Å². The molecular formula is C26H22ClN3O2S. The van der Waals surface area contributed by atoms with E-state index in [1.54, 1.807) is 13.3 Å². The van der Waals surface area contributed by atoms with E-state index in [9.17, 15) is 0 Å². The van der Waals surface area contributed by atoms with Crippen LogP contribution in [0.2, 0.25) is 5.02 Å². The van der Waals surface area contributed by atoms with E-state index in [2.05, 4.69) is 15.2 Å². The third-order valence-corrected chi connectivity index (χ3v) is 6.36. The van der Waals surface area contributed by atoms with Gasteiger partial charge in [-0.25, -0.2) is 0 Å². The van der Waals surface area contributed by atoms with Crippen LogP contribution in [0.15, 0.2) is 83.4 Å². The molecule has 1 saturated heterocycles. The van der Waals surface area contributed by atoms with Crippen LogP contribution in [0.1, 0.15) is 29.1 Å². The number of anilines is 1. The molecule has 5 rings (SSSR count). The molecular weight excluding hydrogens is 454 g/mol. The predicted octanol–water partition coefficient (Wildman–Crippen LogP) is 6.49. The quantitative estimate of drug-likeness (QED) is 0.333. The van der Waals surface area contributed by atoms with Crippen LogP contribution in [0.4, 0.5) is 5.69 Å². The minimum Gasteiger partial charge on any atom is -0.497 e. The van der Waals surface area contributed by atoms with Gasteiger partial charge >= 0.3 is 0 Å². The zero-order valence-electron chi connectivity index (χ0n) is 18.2. The Morgan fingerprint density at radius 2 is 1.94 bits per heavy atom.